The number of piperazine rings is 1. The average molecular weight is 376 g/mol. The molecule has 2 aromatic rings. The van der Waals surface area contributed by atoms with Crippen molar-refractivity contribution < 1.29 is 4.79 Å². The maximum absolute atomic E-state index is 13.3. The summed E-state index contributed by atoms with van der Waals surface area (Å²) in [7, 11) is 0. The van der Waals surface area contributed by atoms with Crippen molar-refractivity contribution in [2.45, 2.75) is 31.6 Å². The van der Waals surface area contributed by atoms with Gasteiger partial charge in [-0.25, -0.2) is 4.98 Å². The number of halogens is 1. The molecule has 1 amide bonds. The van der Waals surface area contributed by atoms with Gasteiger partial charge in [0.1, 0.15) is 0 Å². The van der Waals surface area contributed by atoms with Crippen LogP contribution in [0.2, 0.25) is 5.02 Å². The molecule has 2 heterocycles. The zero-order chi connectivity index (χ0) is 17.4. The Morgan fingerprint density at radius 1 is 1.16 bits per heavy atom. The second-order valence-corrected chi connectivity index (χ2v) is 8.27. The third-order valence-electron chi connectivity index (χ3n) is 5.46. The number of hydrogen-bond acceptors (Lipinski definition) is 4. The third kappa shape index (κ3) is 3.04. The van der Waals surface area contributed by atoms with Crippen molar-refractivity contribution in [3.8, 4) is 0 Å². The van der Waals surface area contributed by atoms with Crippen LogP contribution in [0.5, 0.6) is 0 Å². The molecule has 4 rings (SSSR count). The first-order valence-electron chi connectivity index (χ1n) is 8.81. The first kappa shape index (κ1) is 16.9. The summed E-state index contributed by atoms with van der Waals surface area (Å²) in [6.07, 6.45) is 3.01. The molecule has 1 aromatic heterocycles. The van der Waals surface area contributed by atoms with Crippen molar-refractivity contribution in [2.75, 3.05) is 31.1 Å². The van der Waals surface area contributed by atoms with Crippen molar-refractivity contribution in [1.82, 2.24) is 9.88 Å². The highest BCUT2D eigenvalue weighted by atomic mass is 35.5. The van der Waals surface area contributed by atoms with Crippen LogP contribution >= 0.6 is 22.9 Å². The van der Waals surface area contributed by atoms with E-state index in [1.54, 1.807) is 11.3 Å². The monoisotopic (exact) mass is 375 g/mol. The summed E-state index contributed by atoms with van der Waals surface area (Å²) in [5.41, 5.74) is 1.85. The Bertz CT molecular complexity index is 761. The van der Waals surface area contributed by atoms with Gasteiger partial charge in [-0.1, -0.05) is 30.2 Å². The fraction of sp³-hybridized carbons (Fsp3) is 0.474. The molecule has 25 heavy (non-hydrogen) atoms. The van der Waals surface area contributed by atoms with Crippen molar-refractivity contribution in [3.05, 3.63) is 45.9 Å². The summed E-state index contributed by atoms with van der Waals surface area (Å²) < 4.78 is 0. The Balaban J connectivity index is 1.47. The molecular formula is C19H22ClN3OS. The second kappa shape index (κ2) is 6.61. The summed E-state index contributed by atoms with van der Waals surface area (Å²) in [5, 5.41) is 3.87. The summed E-state index contributed by atoms with van der Waals surface area (Å²) >= 11 is 7.71. The standard InChI is InChI=1S/C19H22ClN3OS/c1-14-13-25-18(21-14)23-11-9-22(10-12-23)17(24)19(7-2-8-19)15-3-5-16(20)6-4-15/h3-6,13H,2,7-12H2,1H3. The molecule has 4 nitrogen and oxygen atoms in total. The van der Waals surface area contributed by atoms with E-state index in [2.05, 4.69) is 15.3 Å². The quantitative estimate of drug-likeness (QED) is 0.816. The zero-order valence-corrected chi connectivity index (χ0v) is 15.9. The molecular weight excluding hydrogens is 354 g/mol. The number of aryl methyl sites for hydroxylation is 1. The zero-order valence-electron chi connectivity index (χ0n) is 14.4. The third-order valence-corrected chi connectivity index (χ3v) is 6.73. The molecule has 1 saturated carbocycles. The lowest BCUT2D eigenvalue weighted by Crippen LogP contribution is -2.56. The van der Waals surface area contributed by atoms with Crippen LogP contribution in [0.1, 0.15) is 30.5 Å². The molecule has 1 aliphatic heterocycles. The lowest BCUT2D eigenvalue weighted by molar-refractivity contribution is -0.141. The van der Waals surface area contributed by atoms with Crippen LogP contribution in [-0.4, -0.2) is 42.0 Å². The van der Waals surface area contributed by atoms with Crippen molar-refractivity contribution in [3.63, 3.8) is 0 Å². The predicted octanol–water partition coefficient (Wildman–Crippen LogP) is 3.88. The highest BCUT2D eigenvalue weighted by Crippen LogP contribution is 2.45. The largest absolute Gasteiger partial charge is 0.345 e. The van der Waals surface area contributed by atoms with Crippen LogP contribution in [-0.2, 0) is 10.2 Å². The van der Waals surface area contributed by atoms with Crippen molar-refractivity contribution in [1.29, 1.82) is 0 Å². The molecule has 0 unspecified atom stereocenters. The number of benzene rings is 1. The van der Waals surface area contributed by atoms with Gasteiger partial charge in [0.15, 0.2) is 5.13 Å². The fourth-order valence-electron chi connectivity index (χ4n) is 3.82. The molecule has 2 aliphatic rings. The van der Waals surface area contributed by atoms with E-state index in [4.69, 9.17) is 11.6 Å². The number of hydrogen-bond donors (Lipinski definition) is 0. The first-order valence-corrected chi connectivity index (χ1v) is 10.1. The van der Waals surface area contributed by atoms with E-state index in [9.17, 15) is 4.79 Å². The Kier molecular flexibility index (Phi) is 4.46. The molecule has 0 radical (unpaired) electrons. The highest BCUT2D eigenvalue weighted by Gasteiger charge is 2.48. The molecule has 0 bridgehead atoms. The topological polar surface area (TPSA) is 36.4 Å². The van der Waals surface area contributed by atoms with E-state index < -0.39 is 0 Å². The molecule has 0 N–H and O–H groups in total. The van der Waals surface area contributed by atoms with Crippen LogP contribution in [0.15, 0.2) is 29.6 Å². The summed E-state index contributed by atoms with van der Waals surface area (Å²) in [4.78, 5) is 22.2. The van der Waals surface area contributed by atoms with E-state index in [1.807, 2.05) is 36.1 Å². The Morgan fingerprint density at radius 2 is 1.84 bits per heavy atom. The van der Waals surface area contributed by atoms with Gasteiger partial charge in [0.05, 0.1) is 11.1 Å². The molecule has 1 aromatic carbocycles. The SMILES string of the molecule is Cc1csc(N2CCN(C(=O)C3(c4ccc(Cl)cc4)CCC3)CC2)n1. The normalized spacial score (nSPS) is 19.6. The second-order valence-electron chi connectivity index (χ2n) is 6.99. The van der Waals surface area contributed by atoms with Crippen LogP contribution in [0.4, 0.5) is 5.13 Å². The smallest absolute Gasteiger partial charge is 0.233 e. The van der Waals surface area contributed by atoms with Gasteiger partial charge >= 0.3 is 0 Å². The maximum atomic E-state index is 13.3. The number of amides is 1. The number of anilines is 1. The molecule has 0 spiro atoms. The number of thiazole rings is 1. The van der Waals surface area contributed by atoms with Gasteiger partial charge in [-0.05, 0) is 37.5 Å². The molecule has 0 atom stereocenters. The maximum Gasteiger partial charge on any atom is 0.233 e. The Hall–Kier alpha value is -1.59. The van der Waals surface area contributed by atoms with Crippen LogP contribution in [0.3, 0.4) is 0 Å². The van der Waals surface area contributed by atoms with Gasteiger partial charge in [-0.15, -0.1) is 11.3 Å². The number of carbonyl (C=O) groups excluding carboxylic acids is 1. The van der Waals surface area contributed by atoms with Crippen LogP contribution in [0.25, 0.3) is 0 Å². The Labute approximate surface area is 157 Å². The Morgan fingerprint density at radius 3 is 2.36 bits per heavy atom. The number of carbonyl (C=O) groups is 1. The summed E-state index contributed by atoms with van der Waals surface area (Å²) in [5.74, 6) is 0.288. The highest BCUT2D eigenvalue weighted by molar-refractivity contribution is 7.13. The predicted molar refractivity (Wildman–Crippen MR) is 103 cm³/mol. The van der Waals surface area contributed by atoms with E-state index in [0.29, 0.717) is 0 Å². The molecule has 2 fully saturated rings. The van der Waals surface area contributed by atoms with E-state index in [1.165, 1.54) is 0 Å². The van der Waals surface area contributed by atoms with Gasteiger partial charge in [0.2, 0.25) is 5.91 Å². The first-order chi connectivity index (χ1) is 12.1. The van der Waals surface area contributed by atoms with Gasteiger partial charge in [0, 0.05) is 36.6 Å². The summed E-state index contributed by atoms with van der Waals surface area (Å²) in [6, 6.07) is 7.84. The van der Waals surface area contributed by atoms with E-state index in [0.717, 1.165) is 66.9 Å². The summed E-state index contributed by atoms with van der Waals surface area (Å²) in [6.45, 7) is 5.27. The minimum Gasteiger partial charge on any atom is -0.345 e. The van der Waals surface area contributed by atoms with Gasteiger partial charge in [0.25, 0.3) is 0 Å². The molecule has 1 aliphatic carbocycles. The lowest BCUT2D eigenvalue weighted by atomic mass is 9.63. The van der Waals surface area contributed by atoms with E-state index in [-0.39, 0.29) is 11.3 Å². The van der Waals surface area contributed by atoms with Crippen LogP contribution < -0.4 is 4.90 Å². The van der Waals surface area contributed by atoms with Gasteiger partial charge in [-0.2, -0.15) is 0 Å². The minimum atomic E-state index is -0.329. The molecule has 132 valence electrons. The lowest BCUT2D eigenvalue weighted by Gasteiger charge is -2.46. The molecule has 1 saturated heterocycles. The van der Waals surface area contributed by atoms with Crippen molar-refractivity contribution >= 4 is 34.0 Å². The molecule has 6 heteroatoms. The number of rotatable bonds is 3. The fourth-order valence-corrected chi connectivity index (χ4v) is 4.80. The van der Waals surface area contributed by atoms with Crippen molar-refractivity contribution in [2.24, 2.45) is 0 Å². The van der Waals surface area contributed by atoms with E-state index >= 15 is 0 Å². The minimum absolute atomic E-state index is 0.288. The van der Waals surface area contributed by atoms with Crippen LogP contribution in [0, 0.1) is 6.92 Å². The van der Waals surface area contributed by atoms with Gasteiger partial charge < -0.3 is 9.80 Å². The number of nitrogens with zero attached hydrogens (tertiary/aromatic N) is 3. The average Bonchev–Trinajstić information content (AvgIpc) is 3.02. The number of aromatic nitrogens is 1. The van der Waals surface area contributed by atoms with Gasteiger partial charge in [-0.3, -0.25) is 4.79 Å².